The molecule has 8 heteroatoms. The molecule has 0 saturated heterocycles. The van der Waals surface area contributed by atoms with E-state index < -0.39 is 11.9 Å². The molecule has 0 spiro atoms. The van der Waals surface area contributed by atoms with Crippen molar-refractivity contribution in [2.24, 2.45) is 4.99 Å². The van der Waals surface area contributed by atoms with Gasteiger partial charge in [-0.25, -0.2) is 4.79 Å². The molecule has 2 aromatic rings. The number of hydrogen-bond acceptors (Lipinski definition) is 5. The Morgan fingerprint density at radius 2 is 2.00 bits per heavy atom. The first-order chi connectivity index (χ1) is 11.9. The number of nitrogens with zero attached hydrogens (tertiary/aromatic N) is 1. The summed E-state index contributed by atoms with van der Waals surface area (Å²) in [5, 5.41) is 11.9. The van der Waals surface area contributed by atoms with E-state index in [-0.39, 0.29) is 16.6 Å². The van der Waals surface area contributed by atoms with E-state index in [1.54, 1.807) is 30.3 Å². The highest BCUT2D eigenvalue weighted by molar-refractivity contribution is 8.18. The van der Waals surface area contributed by atoms with Crippen molar-refractivity contribution in [1.82, 2.24) is 5.32 Å². The van der Waals surface area contributed by atoms with Crippen LogP contribution >= 0.6 is 11.8 Å². The number of amidine groups is 1. The zero-order valence-electron chi connectivity index (χ0n) is 13.0. The minimum atomic E-state index is -1.05. The number of carbonyl (C=O) groups is 3. The lowest BCUT2D eigenvalue weighted by atomic mass is 10.1. The average molecular weight is 356 g/mol. The van der Waals surface area contributed by atoms with Crippen LogP contribution in [0.4, 0.5) is 0 Å². The van der Waals surface area contributed by atoms with Gasteiger partial charge in [-0.15, -0.1) is 0 Å². The van der Waals surface area contributed by atoms with Crippen LogP contribution in [0.15, 0.2) is 50.7 Å². The molecule has 3 rings (SSSR count). The van der Waals surface area contributed by atoms with E-state index in [2.05, 4.69) is 10.3 Å². The molecule has 0 aliphatic carbocycles. The van der Waals surface area contributed by atoms with E-state index in [0.29, 0.717) is 22.0 Å². The normalized spacial score (nSPS) is 15.3. The maximum Gasteiger partial charge on any atom is 0.336 e. The molecule has 0 atom stereocenters. The first kappa shape index (κ1) is 16.7. The number of furan rings is 1. The summed E-state index contributed by atoms with van der Waals surface area (Å²) in [4.78, 5) is 38.2. The summed E-state index contributed by atoms with van der Waals surface area (Å²) in [5.41, 5.74) is 0.568. The number of amides is 2. The zero-order chi connectivity index (χ0) is 18.0. The number of aromatic carboxylic acids is 1. The van der Waals surface area contributed by atoms with Crippen molar-refractivity contribution in [2.45, 2.75) is 6.92 Å². The third-order valence-electron chi connectivity index (χ3n) is 3.23. The molecule has 0 bridgehead atoms. The highest BCUT2D eigenvalue weighted by Gasteiger charge is 2.23. The highest BCUT2D eigenvalue weighted by Crippen LogP contribution is 2.30. The molecule has 0 fully saturated rings. The molecular weight excluding hydrogens is 344 g/mol. The summed E-state index contributed by atoms with van der Waals surface area (Å²) < 4.78 is 5.64. The second-order valence-electron chi connectivity index (χ2n) is 5.07. The van der Waals surface area contributed by atoms with Crippen molar-refractivity contribution in [3.8, 4) is 11.3 Å². The van der Waals surface area contributed by atoms with Gasteiger partial charge < -0.3 is 14.8 Å². The van der Waals surface area contributed by atoms with E-state index in [0.717, 1.165) is 11.8 Å². The first-order valence-electron chi connectivity index (χ1n) is 7.17. The summed E-state index contributed by atoms with van der Waals surface area (Å²) >= 11 is 1.03. The van der Waals surface area contributed by atoms with E-state index in [1.165, 1.54) is 19.1 Å². The Kier molecular flexibility index (Phi) is 4.53. The lowest BCUT2D eigenvalue weighted by Crippen LogP contribution is -2.23. The topological polar surface area (TPSA) is 109 Å². The van der Waals surface area contributed by atoms with E-state index in [4.69, 9.17) is 4.42 Å². The van der Waals surface area contributed by atoms with Gasteiger partial charge in [-0.2, -0.15) is 4.99 Å². The average Bonchev–Trinajstić information content (AvgIpc) is 3.14. The highest BCUT2D eigenvalue weighted by atomic mass is 32.2. The number of aliphatic imine (C=N–C) groups is 1. The Morgan fingerprint density at radius 1 is 1.24 bits per heavy atom. The monoisotopic (exact) mass is 356 g/mol. The Morgan fingerprint density at radius 3 is 2.72 bits per heavy atom. The maximum absolute atomic E-state index is 11.8. The minimum Gasteiger partial charge on any atom is -0.478 e. The van der Waals surface area contributed by atoms with Gasteiger partial charge in [0.1, 0.15) is 11.5 Å². The minimum absolute atomic E-state index is 0.124. The lowest BCUT2D eigenvalue weighted by Gasteiger charge is -2.02. The van der Waals surface area contributed by atoms with Gasteiger partial charge in [-0.3, -0.25) is 9.59 Å². The second kappa shape index (κ2) is 6.78. The predicted octanol–water partition coefficient (Wildman–Crippen LogP) is 2.75. The van der Waals surface area contributed by atoms with Crippen LogP contribution in [0, 0.1) is 0 Å². The summed E-state index contributed by atoms with van der Waals surface area (Å²) in [6.45, 7) is 1.33. The van der Waals surface area contributed by atoms with Crippen LogP contribution < -0.4 is 5.32 Å². The lowest BCUT2D eigenvalue weighted by molar-refractivity contribution is -0.117. The maximum atomic E-state index is 11.8. The molecule has 0 saturated carbocycles. The number of thioether (sulfide) groups is 1. The number of carboxylic acid groups (broad SMARTS) is 1. The molecule has 1 aliphatic rings. The van der Waals surface area contributed by atoms with Crippen LogP contribution in [-0.2, 0) is 9.59 Å². The van der Waals surface area contributed by atoms with Gasteiger partial charge in [0.15, 0.2) is 5.17 Å². The van der Waals surface area contributed by atoms with E-state index in [1.807, 2.05) is 0 Å². The Balaban J connectivity index is 1.85. The van der Waals surface area contributed by atoms with Gasteiger partial charge in [0.2, 0.25) is 5.91 Å². The van der Waals surface area contributed by atoms with Crippen molar-refractivity contribution < 1.29 is 23.9 Å². The Bertz CT molecular complexity index is 942. The van der Waals surface area contributed by atoms with Crippen LogP contribution in [-0.4, -0.2) is 28.1 Å². The standard InChI is InChI=1S/C17H12N2O5S/c1-9(20)18-17-19-15(21)14(25-17)8-10-6-7-13(24-10)11-4-2-3-5-12(11)16(22)23/h2-8H,1H3,(H,22,23)(H,18,19,20,21). The molecule has 1 aromatic heterocycles. The molecule has 0 radical (unpaired) electrons. The van der Waals surface area contributed by atoms with Crippen LogP contribution in [0.2, 0.25) is 0 Å². The predicted molar refractivity (Wildman–Crippen MR) is 92.9 cm³/mol. The second-order valence-corrected chi connectivity index (χ2v) is 6.10. The fourth-order valence-corrected chi connectivity index (χ4v) is 3.04. The zero-order valence-corrected chi connectivity index (χ0v) is 13.8. The van der Waals surface area contributed by atoms with Crippen molar-refractivity contribution in [3.63, 3.8) is 0 Å². The molecule has 1 aliphatic heterocycles. The van der Waals surface area contributed by atoms with Gasteiger partial charge in [-0.05, 0) is 30.0 Å². The molecule has 1 aromatic carbocycles. The number of rotatable bonds is 3. The largest absolute Gasteiger partial charge is 0.478 e. The molecule has 7 nitrogen and oxygen atoms in total. The van der Waals surface area contributed by atoms with Gasteiger partial charge in [0.05, 0.1) is 10.5 Å². The van der Waals surface area contributed by atoms with Crippen molar-refractivity contribution in [2.75, 3.05) is 0 Å². The Hall–Kier alpha value is -3.13. The van der Waals surface area contributed by atoms with Crippen molar-refractivity contribution >= 4 is 40.8 Å². The summed E-state index contributed by atoms with van der Waals surface area (Å²) in [5.74, 6) is -1.08. The smallest absolute Gasteiger partial charge is 0.336 e. The van der Waals surface area contributed by atoms with E-state index in [9.17, 15) is 19.5 Å². The quantitative estimate of drug-likeness (QED) is 0.819. The Labute approximate surface area is 146 Å². The van der Waals surface area contributed by atoms with Gasteiger partial charge in [0, 0.05) is 18.6 Å². The van der Waals surface area contributed by atoms with Gasteiger partial charge >= 0.3 is 5.97 Å². The molecule has 0 unspecified atom stereocenters. The van der Waals surface area contributed by atoms with Crippen molar-refractivity contribution in [3.05, 3.63) is 52.6 Å². The van der Waals surface area contributed by atoms with Gasteiger partial charge in [0.25, 0.3) is 5.91 Å². The third-order valence-corrected chi connectivity index (χ3v) is 4.13. The summed E-state index contributed by atoms with van der Waals surface area (Å²) in [7, 11) is 0. The number of carboxylic acids is 1. The van der Waals surface area contributed by atoms with Crippen LogP contribution in [0.3, 0.4) is 0 Å². The fraction of sp³-hybridized carbons (Fsp3) is 0.0588. The molecule has 126 valence electrons. The number of nitrogens with one attached hydrogen (secondary N) is 1. The molecule has 2 N–H and O–H groups in total. The molecule has 25 heavy (non-hydrogen) atoms. The number of carbonyl (C=O) groups excluding carboxylic acids is 2. The summed E-state index contributed by atoms with van der Waals surface area (Å²) in [6.07, 6.45) is 1.50. The van der Waals surface area contributed by atoms with Crippen LogP contribution in [0.1, 0.15) is 23.0 Å². The third kappa shape index (κ3) is 3.69. The summed E-state index contributed by atoms with van der Waals surface area (Å²) in [6, 6.07) is 9.74. The van der Waals surface area contributed by atoms with Crippen molar-refractivity contribution in [1.29, 1.82) is 0 Å². The van der Waals surface area contributed by atoms with E-state index >= 15 is 0 Å². The molecular formula is C17H12N2O5S. The number of hydrogen-bond donors (Lipinski definition) is 2. The molecule has 2 amide bonds. The van der Waals surface area contributed by atoms with Crippen LogP contribution in [0.25, 0.3) is 17.4 Å². The fourth-order valence-electron chi connectivity index (χ4n) is 2.20. The van der Waals surface area contributed by atoms with Gasteiger partial charge in [-0.1, -0.05) is 18.2 Å². The van der Waals surface area contributed by atoms with Crippen LogP contribution in [0.5, 0.6) is 0 Å². The number of benzene rings is 1. The molecule has 2 heterocycles. The SMILES string of the molecule is CC(=O)NC1=NC(=O)C(=Cc2ccc(-c3ccccc3C(=O)O)o2)S1. The first-order valence-corrected chi connectivity index (χ1v) is 7.98.